The van der Waals surface area contributed by atoms with Crippen LogP contribution in [0.25, 0.3) is 16.7 Å². The summed E-state index contributed by atoms with van der Waals surface area (Å²) in [6.07, 6.45) is 1.70. The molecule has 25 heavy (non-hydrogen) atoms. The van der Waals surface area contributed by atoms with Crippen molar-refractivity contribution < 1.29 is 9.52 Å². The number of aliphatic hydroxyl groups excluding tert-OH is 1. The van der Waals surface area contributed by atoms with Crippen LogP contribution in [0.5, 0.6) is 0 Å². The Labute approximate surface area is 154 Å². The molecular formula is C17H12BrN3O3S. The van der Waals surface area contributed by atoms with E-state index in [1.807, 2.05) is 6.07 Å². The minimum absolute atomic E-state index is 0.0354. The molecule has 6 nitrogen and oxygen atoms in total. The molecule has 0 fully saturated rings. The van der Waals surface area contributed by atoms with E-state index in [1.54, 1.807) is 30.5 Å². The Bertz CT molecular complexity index is 1140. The van der Waals surface area contributed by atoms with Crippen molar-refractivity contribution >= 4 is 44.4 Å². The van der Waals surface area contributed by atoms with E-state index < -0.39 is 0 Å². The first-order chi connectivity index (χ1) is 12.1. The average molecular weight is 418 g/mol. The third kappa shape index (κ3) is 3.33. The predicted octanol–water partition coefficient (Wildman–Crippen LogP) is 3.38. The number of hydrogen-bond donors (Lipinski definition) is 1. The second kappa shape index (κ2) is 6.62. The van der Waals surface area contributed by atoms with Crippen LogP contribution in [0.2, 0.25) is 0 Å². The minimum atomic E-state index is -0.132. The van der Waals surface area contributed by atoms with Crippen LogP contribution in [0.15, 0.2) is 61.5 Å². The number of rotatable bonds is 4. The number of hydrogen-bond acceptors (Lipinski definition) is 6. The molecule has 0 amide bonds. The standard InChI is InChI=1S/C17H12BrN3O3S/c18-11-2-4-15-19-12(6-16(23)21(15)7-11)9-25-17-20-13-5-10(8-22)1-3-14(13)24-17/h1-7,22H,8-9H2. The normalized spacial score (nSPS) is 11.4. The van der Waals surface area contributed by atoms with Gasteiger partial charge in [0, 0.05) is 22.5 Å². The number of benzene rings is 1. The van der Waals surface area contributed by atoms with Gasteiger partial charge in [-0.05, 0) is 45.8 Å². The molecular weight excluding hydrogens is 406 g/mol. The smallest absolute Gasteiger partial charge is 0.258 e. The molecule has 126 valence electrons. The number of nitrogens with zero attached hydrogens (tertiary/aromatic N) is 3. The fourth-order valence-electron chi connectivity index (χ4n) is 2.45. The molecule has 0 radical (unpaired) electrons. The second-order valence-corrected chi connectivity index (χ2v) is 7.23. The van der Waals surface area contributed by atoms with Gasteiger partial charge >= 0.3 is 0 Å². The van der Waals surface area contributed by atoms with Crippen LogP contribution in [-0.2, 0) is 12.4 Å². The lowest BCUT2D eigenvalue weighted by atomic mass is 10.2. The van der Waals surface area contributed by atoms with Crippen LogP contribution in [0, 0.1) is 0 Å². The van der Waals surface area contributed by atoms with Gasteiger partial charge in [0.05, 0.1) is 12.3 Å². The van der Waals surface area contributed by atoms with Gasteiger partial charge in [0.15, 0.2) is 5.58 Å². The van der Waals surface area contributed by atoms with E-state index in [2.05, 4.69) is 25.9 Å². The summed E-state index contributed by atoms with van der Waals surface area (Å²) in [5.41, 5.74) is 3.27. The number of oxazole rings is 1. The molecule has 0 unspecified atom stereocenters. The highest BCUT2D eigenvalue weighted by Gasteiger charge is 2.09. The summed E-state index contributed by atoms with van der Waals surface area (Å²) < 4.78 is 7.99. The molecule has 0 bridgehead atoms. The van der Waals surface area contributed by atoms with E-state index in [9.17, 15) is 9.90 Å². The fraction of sp³-hybridized carbons (Fsp3) is 0.118. The summed E-state index contributed by atoms with van der Waals surface area (Å²) in [5.74, 6) is 0.474. The van der Waals surface area contributed by atoms with Gasteiger partial charge in [-0.15, -0.1) is 0 Å². The van der Waals surface area contributed by atoms with E-state index in [4.69, 9.17) is 4.42 Å². The Hall–Kier alpha value is -2.16. The fourth-order valence-corrected chi connectivity index (χ4v) is 3.52. The first kappa shape index (κ1) is 16.3. The molecule has 0 saturated carbocycles. The van der Waals surface area contributed by atoms with Gasteiger partial charge in [0.25, 0.3) is 10.8 Å². The minimum Gasteiger partial charge on any atom is -0.431 e. The van der Waals surface area contributed by atoms with Crippen LogP contribution in [0.4, 0.5) is 0 Å². The zero-order valence-corrected chi connectivity index (χ0v) is 15.2. The lowest BCUT2D eigenvalue weighted by Crippen LogP contribution is -2.15. The lowest BCUT2D eigenvalue weighted by molar-refractivity contribution is 0.282. The topological polar surface area (TPSA) is 80.6 Å². The van der Waals surface area contributed by atoms with Crippen molar-refractivity contribution in [1.29, 1.82) is 0 Å². The van der Waals surface area contributed by atoms with Gasteiger partial charge < -0.3 is 9.52 Å². The first-order valence-corrected chi connectivity index (χ1v) is 9.21. The van der Waals surface area contributed by atoms with Crippen LogP contribution in [0.1, 0.15) is 11.3 Å². The molecule has 1 aromatic carbocycles. The molecule has 3 heterocycles. The van der Waals surface area contributed by atoms with Gasteiger partial charge in [0.1, 0.15) is 11.2 Å². The van der Waals surface area contributed by atoms with Crippen LogP contribution < -0.4 is 5.56 Å². The highest BCUT2D eigenvalue weighted by molar-refractivity contribution is 9.10. The Kier molecular flexibility index (Phi) is 4.32. The zero-order chi connectivity index (χ0) is 17.4. The maximum Gasteiger partial charge on any atom is 0.258 e. The third-order valence-corrected chi connectivity index (χ3v) is 4.97. The van der Waals surface area contributed by atoms with Gasteiger partial charge in [-0.25, -0.2) is 9.97 Å². The number of halogens is 1. The molecule has 0 aliphatic carbocycles. The SMILES string of the molecule is O=c1cc(CSc2nc3cc(CO)ccc3o2)nc2ccc(Br)cn12. The third-order valence-electron chi connectivity index (χ3n) is 3.64. The van der Waals surface area contributed by atoms with E-state index in [0.29, 0.717) is 33.4 Å². The molecule has 3 aromatic heterocycles. The number of aromatic nitrogens is 3. The quantitative estimate of drug-likeness (QED) is 0.512. The average Bonchev–Trinajstić information content (AvgIpc) is 3.02. The van der Waals surface area contributed by atoms with Gasteiger partial charge in [-0.1, -0.05) is 17.8 Å². The summed E-state index contributed by atoms with van der Waals surface area (Å²) in [6.45, 7) is -0.0354. The van der Waals surface area contributed by atoms with E-state index in [0.717, 1.165) is 10.0 Å². The van der Waals surface area contributed by atoms with Crippen molar-refractivity contribution in [2.45, 2.75) is 17.6 Å². The molecule has 0 atom stereocenters. The summed E-state index contributed by atoms with van der Waals surface area (Å²) in [5, 5.41) is 9.68. The van der Waals surface area contributed by atoms with Crippen molar-refractivity contribution in [2.24, 2.45) is 0 Å². The maximum absolute atomic E-state index is 12.2. The van der Waals surface area contributed by atoms with Crippen molar-refractivity contribution in [3.8, 4) is 0 Å². The van der Waals surface area contributed by atoms with Crippen LogP contribution in [0.3, 0.4) is 0 Å². The summed E-state index contributed by atoms with van der Waals surface area (Å²) in [4.78, 5) is 21.1. The van der Waals surface area contributed by atoms with E-state index in [-0.39, 0.29) is 12.2 Å². The predicted molar refractivity (Wildman–Crippen MR) is 98.7 cm³/mol. The van der Waals surface area contributed by atoms with Crippen molar-refractivity contribution in [2.75, 3.05) is 0 Å². The zero-order valence-electron chi connectivity index (χ0n) is 12.8. The molecule has 0 aliphatic heterocycles. The van der Waals surface area contributed by atoms with E-state index >= 15 is 0 Å². The number of pyridine rings is 1. The highest BCUT2D eigenvalue weighted by atomic mass is 79.9. The Balaban J connectivity index is 1.59. The molecule has 8 heteroatoms. The molecule has 1 N–H and O–H groups in total. The number of fused-ring (bicyclic) bond motifs is 2. The van der Waals surface area contributed by atoms with Crippen LogP contribution >= 0.6 is 27.7 Å². The summed E-state index contributed by atoms with van der Waals surface area (Å²) in [7, 11) is 0. The highest BCUT2D eigenvalue weighted by Crippen LogP contribution is 2.26. The summed E-state index contributed by atoms with van der Waals surface area (Å²) >= 11 is 4.72. The van der Waals surface area contributed by atoms with Crippen molar-refractivity contribution in [1.82, 2.24) is 14.4 Å². The van der Waals surface area contributed by atoms with Crippen molar-refractivity contribution in [3.05, 3.63) is 68.7 Å². The first-order valence-electron chi connectivity index (χ1n) is 7.43. The number of aliphatic hydroxyl groups is 1. The number of thioether (sulfide) groups is 1. The van der Waals surface area contributed by atoms with Gasteiger partial charge in [-0.3, -0.25) is 9.20 Å². The monoisotopic (exact) mass is 417 g/mol. The lowest BCUT2D eigenvalue weighted by Gasteiger charge is -2.03. The second-order valence-electron chi connectivity index (χ2n) is 5.39. The molecule has 4 aromatic rings. The Morgan fingerprint density at radius 1 is 1.20 bits per heavy atom. The molecule has 0 spiro atoms. The molecule has 4 rings (SSSR count). The molecule has 0 saturated heterocycles. The Morgan fingerprint density at radius 2 is 2.08 bits per heavy atom. The van der Waals surface area contributed by atoms with E-state index in [1.165, 1.54) is 22.2 Å². The van der Waals surface area contributed by atoms with Gasteiger partial charge in [0.2, 0.25) is 0 Å². The maximum atomic E-state index is 12.2. The summed E-state index contributed by atoms with van der Waals surface area (Å²) in [6, 6.07) is 10.5. The van der Waals surface area contributed by atoms with Crippen LogP contribution in [-0.4, -0.2) is 19.5 Å². The largest absolute Gasteiger partial charge is 0.431 e. The van der Waals surface area contributed by atoms with Crippen molar-refractivity contribution in [3.63, 3.8) is 0 Å². The Morgan fingerprint density at radius 3 is 2.92 bits per heavy atom. The van der Waals surface area contributed by atoms with Gasteiger partial charge in [-0.2, -0.15) is 0 Å². The molecule has 0 aliphatic rings.